The second kappa shape index (κ2) is 15.4. The number of hydrogen-bond acceptors (Lipinski definition) is 6. The van der Waals surface area contributed by atoms with Crippen molar-refractivity contribution < 1.29 is 31.9 Å². The zero-order valence-corrected chi connectivity index (χ0v) is 26.3. The molecule has 0 spiro atoms. The molecule has 12 heteroatoms. The lowest BCUT2D eigenvalue weighted by Gasteiger charge is -2.29. The molecule has 2 amide bonds. The maximum absolute atomic E-state index is 13.4. The fourth-order valence-electron chi connectivity index (χ4n) is 4.31. The number of methoxy groups -OCH3 is 1. The smallest absolute Gasteiger partial charge is 0.261 e. The molecule has 0 heterocycles. The Morgan fingerprint density at radius 3 is 2.09 bits per heavy atom. The first-order valence-corrected chi connectivity index (χ1v) is 15.9. The van der Waals surface area contributed by atoms with Crippen molar-refractivity contribution >= 4 is 39.1 Å². The van der Waals surface area contributed by atoms with Crippen LogP contribution < -0.4 is 19.5 Å². The highest BCUT2D eigenvalue weighted by Gasteiger charge is 2.26. The number of halogens is 2. The van der Waals surface area contributed by atoms with Gasteiger partial charge in [-0.15, -0.1) is 0 Å². The molecule has 4 rings (SSSR count). The number of amides is 2. The summed E-state index contributed by atoms with van der Waals surface area (Å²) in [6, 6.07) is 24.1. The van der Waals surface area contributed by atoms with Gasteiger partial charge in [0.1, 0.15) is 23.4 Å². The zero-order chi connectivity index (χ0) is 32.4. The Hall–Kier alpha value is -4.61. The normalized spacial score (nSPS) is 11.7. The Morgan fingerprint density at radius 1 is 0.867 bits per heavy atom. The number of nitrogens with one attached hydrogen (secondary N) is 2. The van der Waals surface area contributed by atoms with Crippen LogP contribution in [-0.2, 0) is 32.6 Å². The zero-order valence-electron chi connectivity index (χ0n) is 24.7. The minimum absolute atomic E-state index is 0.0465. The molecule has 0 radical (unpaired) electrons. The van der Waals surface area contributed by atoms with E-state index < -0.39 is 34.4 Å². The summed E-state index contributed by atoms with van der Waals surface area (Å²) in [6.45, 7) is 1.76. The minimum Gasteiger partial charge on any atom is -0.497 e. The average molecular weight is 654 g/mol. The third-order valence-corrected chi connectivity index (χ3v) is 8.55. The molecule has 45 heavy (non-hydrogen) atoms. The quantitative estimate of drug-likeness (QED) is 0.187. The number of hydrogen-bond donors (Lipinski definition) is 2. The lowest BCUT2D eigenvalue weighted by molar-refractivity contribution is -0.142. The number of sulfonamides is 1. The van der Waals surface area contributed by atoms with Gasteiger partial charge in [0.05, 0.1) is 12.0 Å². The van der Waals surface area contributed by atoms with E-state index in [1.54, 1.807) is 38.3 Å². The van der Waals surface area contributed by atoms with Crippen LogP contribution in [0.1, 0.15) is 18.1 Å². The molecule has 1 atom stereocenters. The summed E-state index contributed by atoms with van der Waals surface area (Å²) in [5.74, 6) is -0.256. The number of anilines is 1. The van der Waals surface area contributed by atoms with Gasteiger partial charge in [-0.3, -0.25) is 14.3 Å². The molecular weight excluding hydrogens is 621 g/mol. The second-order valence-corrected chi connectivity index (χ2v) is 12.2. The van der Waals surface area contributed by atoms with Crippen molar-refractivity contribution in [2.24, 2.45) is 0 Å². The number of rotatable bonds is 14. The van der Waals surface area contributed by atoms with Gasteiger partial charge in [0.25, 0.3) is 15.9 Å². The van der Waals surface area contributed by atoms with E-state index in [1.807, 2.05) is 24.3 Å². The van der Waals surface area contributed by atoms with Gasteiger partial charge in [0.15, 0.2) is 6.61 Å². The Balaban J connectivity index is 1.38. The van der Waals surface area contributed by atoms with Crippen LogP contribution in [0.2, 0.25) is 5.02 Å². The van der Waals surface area contributed by atoms with E-state index in [2.05, 4.69) is 10.0 Å². The Labute approximate surface area is 267 Å². The molecule has 0 unspecified atom stereocenters. The van der Waals surface area contributed by atoms with Crippen molar-refractivity contribution in [3.8, 4) is 11.5 Å². The van der Waals surface area contributed by atoms with E-state index in [1.165, 1.54) is 41.3 Å². The third-order valence-electron chi connectivity index (χ3n) is 6.90. The molecule has 0 bridgehead atoms. The number of carbonyl (C=O) groups is 2. The fraction of sp³-hybridized carbons (Fsp3) is 0.212. The van der Waals surface area contributed by atoms with Gasteiger partial charge in [0.2, 0.25) is 5.91 Å². The molecule has 4 aromatic carbocycles. The van der Waals surface area contributed by atoms with Gasteiger partial charge < -0.3 is 19.7 Å². The Morgan fingerprint density at radius 2 is 1.47 bits per heavy atom. The highest BCUT2D eigenvalue weighted by molar-refractivity contribution is 7.92. The first-order valence-electron chi connectivity index (χ1n) is 14.0. The van der Waals surface area contributed by atoms with Gasteiger partial charge in [-0.25, -0.2) is 12.8 Å². The summed E-state index contributed by atoms with van der Waals surface area (Å²) in [6.07, 6.45) is 0.599. The van der Waals surface area contributed by atoms with Gasteiger partial charge >= 0.3 is 0 Å². The van der Waals surface area contributed by atoms with Gasteiger partial charge in [-0.1, -0.05) is 35.9 Å². The number of nitrogens with zero attached hydrogens (tertiary/aromatic N) is 1. The van der Waals surface area contributed by atoms with E-state index in [0.29, 0.717) is 18.0 Å². The standard InChI is InChI=1S/C33H33ClFN3O6S/c1-23(33(40)36-20-19-24-5-13-29(43-2)14-6-24)38(21-25-3-7-26(34)8-4-25)32(39)22-44-30-15-17-31(18-16-30)45(41,42)37-28-11-9-27(35)10-12-28/h3-18,23,37H,19-22H2,1-2H3,(H,36,40)/t23-/m0/s1. The van der Waals surface area contributed by atoms with Crippen LogP contribution in [0.4, 0.5) is 10.1 Å². The van der Waals surface area contributed by atoms with Crippen molar-refractivity contribution in [2.75, 3.05) is 25.0 Å². The van der Waals surface area contributed by atoms with Crippen molar-refractivity contribution in [1.82, 2.24) is 10.2 Å². The highest BCUT2D eigenvalue weighted by atomic mass is 35.5. The van der Waals surface area contributed by atoms with Crippen molar-refractivity contribution in [3.63, 3.8) is 0 Å². The fourth-order valence-corrected chi connectivity index (χ4v) is 5.50. The molecular formula is C33H33ClFN3O6S. The predicted octanol–water partition coefficient (Wildman–Crippen LogP) is 5.44. The third kappa shape index (κ3) is 9.69. The molecule has 236 valence electrons. The maximum Gasteiger partial charge on any atom is 0.261 e. The van der Waals surface area contributed by atoms with E-state index in [4.69, 9.17) is 21.1 Å². The van der Waals surface area contributed by atoms with Crippen LogP contribution >= 0.6 is 11.6 Å². The Bertz CT molecular complexity index is 1680. The lowest BCUT2D eigenvalue weighted by atomic mass is 10.1. The van der Waals surface area contributed by atoms with E-state index in [-0.39, 0.29) is 28.8 Å². The van der Waals surface area contributed by atoms with Crippen LogP contribution in [0.3, 0.4) is 0 Å². The molecule has 0 aromatic heterocycles. The van der Waals surface area contributed by atoms with Crippen LogP contribution in [0.5, 0.6) is 11.5 Å². The largest absolute Gasteiger partial charge is 0.497 e. The first-order chi connectivity index (χ1) is 21.5. The second-order valence-electron chi connectivity index (χ2n) is 10.1. The van der Waals surface area contributed by atoms with Crippen LogP contribution in [0.25, 0.3) is 0 Å². The topological polar surface area (TPSA) is 114 Å². The first kappa shape index (κ1) is 33.3. The molecule has 9 nitrogen and oxygen atoms in total. The van der Waals surface area contributed by atoms with Gasteiger partial charge in [0, 0.05) is 23.8 Å². The molecule has 0 aliphatic rings. The molecule has 0 saturated heterocycles. The van der Waals surface area contributed by atoms with E-state index in [9.17, 15) is 22.4 Å². The summed E-state index contributed by atoms with van der Waals surface area (Å²) in [7, 11) is -2.34. The lowest BCUT2D eigenvalue weighted by Crippen LogP contribution is -2.49. The number of benzene rings is 4. The summed E-state index contributed by atoms with van der Waals surface area (Å²) < 4.78 is 51.8. The summed E-state index contributed by atoms with van der Waals surface area (Å²) in [4.78, 5) is 27.9. The average Bonchev–Trinajstić information content (AvgIpc) is 3.04. The SMILES string of the molecule is COc1ccc(CCNC(=O)[C@H](C)N(Cc2ccc(Cl)cc2)C(=O)COc2ccc(S(=O)(=O)Nc3ccc(F)cc3)cc2)cc1. The van der Waals surface area contributed by atoms with Gasteiger partial charge in [-0.05, 0) is 97.3 Å². The van der Waals surface area contributed by atoms with E-state index >= 15 is 0 Å². The summed E-state index contributed by atoms with van der Waals surface area (Å²) in [5.41, 5.74) is 2.01. The summed E-state index contributed by atoms with van der Waals surface area (Å²) >= 11 is 6.02. The Kier molecular flexibility index (Phi) is 11.4. The number of ether oxygens (including phenoxy) is 2. The van der Waals surface area contributed by atoms with Crippen molar-refractivity contribution in [2.45, 2.75) is 30.8 Å². The minimum atomic E-state index is -3.94. The van der Waals surface area contributed by atoms with Crippen molar-refractivity contribution in [3.05, 3.63) is 119 Å². The molecule has 2 N–H and O–H groups in total. The maximum atomic E-state index is 13.4. The van der Waals surface area contributed by atoms with E-state index in [0.717, 1.165) is 29.0 Å². The molecule has 0 aliphatic heterocycles. The monoisotopic (exact) mass is 653 g/mol. The van der Waals surface area contributed by atoms with Crippen LogP contribution in [-0.4, -0.2) is 51.4 Å². The highest BCUT2D eigenvalue weighted by Crippen LogP contribution is 2.20. The van der Waals surface area contributed by atoms with Crippen LogP contribution in [0, 0.1) is 5.82 Å². The molecule has 0 aliphatic carbocycles. The molecule has 0 saturated carbocycles. The predicted molar refractivity (Wildman–Crippen MR) is 170 cm³/mol. The van der Waals surface area contributed by atoms with Gasteiger partial charge in [-0.2, -0.15) is 0 Å². The summed E-state index contributed by atoms with van der Waals surface area (Å²) in [5, 5.41) is 3.44. The molecule has 0 fully saturated rings. The number of carbonyl (C=O) groups excluding carboxylic acids is 2. The van der Waals surface area contributed by atoms with Crippen molar-refractivity contribution in [1.29, 1.82) is 0 Å². The molecule has 4 aromatic rings. The van der Waals surface area contributed by atoms with Crippen LogP contribution in [0.15, 0.2) is 102 Å².